The predicted molar refractivity (Wildman–Crippen MR) is 95.3 cm³/mol. The van der Waals surface area contributed by atoms with Crippen LogP contribution in [0, 0.1) is 18.8 Å². The summed E-state index contributed by atoms with van der Waals surface area (Å²) in [6.45, 7) is 1.91. The van der Waals surface area contributed by atoms with E-state index in [2.05, 4.69) is 5.32 Å². The van der Waals surface area contributed by atoms with Gasteiger partial charge >= 0.3 is 0 Å². The van der Waals surface area contributed by atoms with Crippen molar-refractivity contribution in [1.29, 1.82) is 0 Å². The van der Waals surface area contributed by atoms with Gasteiger partial charge in [0.05, 0.1) is 0 Å². The summed E-state index contributed by atoms with van der Waals surface area (Å²) in [4.78, 5) is 12.8. The van der Waals surface area contributed by atoms with Gasteiger partial charge < -0.3 is 15.5 Å². The number of rotatable bonds is 2. The Hall–Kier alpha value is -1.52. The van der Waals surface area contributed by atoms with Crippen molar-refractivity contribution >= 4 is 28.5 Å². The molecule has 1 aromatic carbocycles. The van der Waals surface area contributed by atoms with E-state index in [4.69, 9.17) is 21.8 Å². The molecule has 2 aliphatic rings. The van der Waals surface area contributed by atoms with Crippen molar-refractivity contribution in [1.82, 2.24) is 5.32 Å². The molecule has 2 fully saturated rings. The number of nitrogens with two attached hydrogens (primary N) is 1. The quantitative estimate of drug-likeness (QED) is 0.862. The summed E-state index contributed by atoms with van der Waals surface area (Å²) in [5.41, 5.74) is 7.73. The fourth-order valence-electron chi connectivity index (χ4n) is 4.65. The first-order chi connectivity index (χ1) is 11.5. The maximum absolute atomic E-state index is 12.8. The van der Waals surface area contributed by atoms with E-state index in [1.54, 1.807) is 6.07 Å². The molecule has 2 atom stereocenters. The van der Waals surface area contributed by atoms with Crippen LogP contribution in [-0.4, -0.2) is 18.0 Å². The Kier molecular flexibility index (Phi) is 4.05. The fourth-order valence-corrected chi connectivity index (χ4v) is 4.82. The van der Waals surface area contributed by atoms with E-state index in [1.807, 2.05) is 19.1 Å². The summed E-state index contributed by atoms with van der Waals surface area (Å²) < 4.78 is 5.81. The molecular formula is C19H23ClN2O2. The van der Waals surface area contributed by atoms with E-state index in [0.717, 1.165) is 36.6 Å². The van der Waals surface area contributed by atoms with E-state index in [-0.39, 0.29) is 18.0 Å². The summed E-state index contributed by atoms with van der Waals surface area (Å²) in [6.07, 6.45) is 5.58. The van der Waals surface area contributed by atoms with Crippen LogP contribution in [0.2, 0.25) is 5.02 Å². The number of furan rings is 1. The molecule has 2 aromatic rings. The zero-order valence-electron chi connectivity index (χ0n) is 13.8. The molecular weight excluding hydrogens is 324 g/mol. The molecule has 128 valence electrons. The number of carbonyl (C=O) groups is 1. The average molecular weight is 347 g/mol. The highest BCUT2D eigenvalue weighted by molar-refractivity contribution is 6.31. The topological polar surface area (TPSA) is 68.3 Å². The molecule has 2 bridgehead atoms. The lowest BCUT2D eigenvalue weighted by atomic mass is 9.67. The second-order valence-electron chi connectivity index (χ2n) is 7.38. The molecule has 1 amide bonds. The number of hydrogen-bond acceptors (Lipinski definition) is 3. The lowest BCUT2D eigenvalue weighted by Crippen LogP contribution is -2.53. The van der Waals surface area contributed by atoms with Gasteiger partial charge in [0.25, 0.3) is 5.91 Å². The molecule has 4 rings (SSSR count). The Morgan fingerprint density at radius 2 is 2.00 bits per heavy atom. The second kappa shape index (κ2) is 6.08. The Bertz CT molecular complexity index is 771. The lowest BCUT2D eigenvalue weighted by molar-refractivity contribution is 0.0733. The summed E-state index contributed by atoms with van der Waals surface area (Å²) in [5, 5.41) is 4.80. The Balaban J connectivity index is 1.59. The minimum absolute atomic E-state index is 0.114. The standard InChI is InChI=1S/C19H23ClN2O2/c1-10-15-9-13(20)5-6-16(15)24-18(10)19(23)22-17-11-3-2-4-12(17)8-14(21)7-11/h5-6,9,11-12,14,17H,2-4,7-8,21H2,1H3,(H,22,23). The summed E-state index contributed by atoms with van der Waals surface area (Å²) in [5.74, 6) is 1.28. The number of halogens is 1. The molecule has 1 heterocycles. The van der Waals surface area contributed by atoms with Crippen LogP contribution >= 0.6 is 11.6 Å². The molecule has 0 radical (unpaired) electrons. The van der Waals surface area contributed by atoms with Crippen molar-refractivity contribution in [3.63, 3.8) is 0 Å². The Morgan fingerprint density at radius 1 is 1.29 bits per heavy atom. The predicted octanol–water partition coefficient (Wildman–Crippen LogP) is 4.03. The van der Waals surface area contributed by atoms with E-state index in [1.165, 1.54) is 6.42 Å². The van der Waals surface area contributed by atoms with E-state index in [0.29, 0.717) is 28.2 Å². The van der Waals surface area contributed by atoms with Gasteiger partial charge in [0, 0.05) is 28.1 Å². The minimum Gasteiger partial charge on any atom is -0.451 e. The van der Waals surface area contributed by atoms with Crippen molar-refractivity contribution in [2.24, 2.45) is 17.6 Å². The van der Waals surface area contributed by atoms with E-state index in [9.17, 15) is 4.79 Å². The molecule has 4 nitrogen and oxygen atoms in total. The smallest absolute Gasteiger partial charge is 0.287 e. The second-order valence-corrected chi connectivity index (χ2v) is 7.81. The van der Waals surface area contributed by atoms with Gasteiger partial charge in [-0.2, -0.15) is 0 Å². The first kappa shape index (κ1) is 16.0. The third-order valence-corrected chi connectivity index (χ3v) is 6.01. The highest BCUT2D eigenvalue weighted by Crippen LogP contribution is 2.40. The SMILES string of the molecule is Cc1c(C(=O)NC2C3CCCC2CC(N)C3)oc2ccc(Cl)cc12. The van der Waals surface area contributed by atoms with Crippen LogP contribution in [-0.2, 0) is 0 Å². The van der Waals surface area contributed by atoms with Gasteiger partial charge in [0.2, 0.25) is 0 Å². The molecule has 24 heavy (non-hydrogen) atoms. The molecule has 0 saturated heterocycles. The summed E-state index contributed by atoms with van der Waals surface area (Å²) in [6, 6.07) is 5.95. The van der Waals surface area contributed by atoms with Gasteiger partial charge in [-0.3, -0.25) is 4.79 Å². The maximum Gasteiger partial charge on any atom is 0.287 e. The summed E-state index contributed by atoms with van der Waals surface area (Å²) in [7, 11) is 0. The van der Waals surface area contributed by atoms with Gasteiger partial charge in [0.1, 0.15) is 5.58 Å². The lowest BCUT2D eigenvalue weighted by Gasteiger charge is -2.45. The molecule has 2 unspecified atom stereocenters. The third kappa shape index (κ3) is 2.72. The van der Waals surface area contributed by atoms with Gasteiger partial charge in [-0.15, -0.1) is 0 Å². The van der Waals surface area contributed by atoms with Crippen molar-refractivity contribution in [2.45, 2.75) is 51.1 Å². The molecule has 2 aliphatic carbocycles. The molecule has 0 spiro atoms. The number of carbonyl (C=O) groups excluding carboxylic acids is 1. The number of fused-ring (bicyclic) bond motifs is 3. The number of nitrogens with one attached hydrogen (secondary N) is 1. The van der Waals surface area contributed by atoms with Gasteiger partial charge in [-0.05, 0) is 62.6 Å². The van der Waals surface area contributed by atoms with E-state index >= 15 is 0 Å². The van der Waals surface area contributed by atoms with Gasteiger partial charge in [-0.25, -0.2) is 0 Å². The summed E-state index contributed by atoms with van der Waals surface area (Å²) >= 11 is 6.06. The first-order valence-corrected chi connectivity index (χ1v) is 9.16. The van der Waals surface area contributed by atoms with Crippen LogP contribution in [0.25, 0.3) is 11.0 Å². The van der Waals surface area contributed by atoms with Crippen LogP contribution in [0.1, 0.15) is 48.2 Å². The zero-order chi connectivity index (χ0) is 16.8. The molecule has 3 N–H and O–H groups in total. The van der Waals surface area contributed by atoms with Gasteiger partial charge in [-0.1, -0.05) is 18.0 Å². The fraction of sp³-hybridized carbons (Fsp3) is 0.526. The maximum atomic E-state index is 12.8. The first-order valence-electron chi connectivity index (χ1n) is 8.78. The molecule has 0 aliphatic heterocycles. The molecule has 2 saturated carbocycles. The van der Waals surface area contributed by atoms with E-state index < -0.39 is 0 Å². The van der Waals surface area contributed by atoms with Crippen LogP contribution in [0.3, 0.4) is 0 Å². The number of aryl methyl sites for hydroxylation is 1. The van der Waals surface area contributed by atoms with Crippen molar-refractivity contribution < 1.29 is 9.21 Å². The van der Waals surface area contributed by atoms with Crippen molar-refractivity contribution in [3.05, 3.63) is 34.5 Å². The van der Waals surface area contributed by atoms with Crippen molar-refractivity contribution in [2.75, 3.05) is 0 Å². The largest absolute Gasteiger partial charge is 0.451 e. The van der Waals surface area contributed by atoms with Gasteiger partial charge in [0.15, 0.2) is 5.76 Å². The highest BCUT2D eigenvalue weighted by Gasteiger charge is 2.40. The molecule has 1 aromatic heterocycles. The monoisotopic (exact) mass is 346 g/mol. The minimum atomic E-state index is -0.114. The average Bonchev–Trinajstić information content (AvgIpc) is 2.85. The van der Waals surface area contributed by atoms with Crippen LogP contribution in [0.15, 0.2) is 22.6 Å². The van der Waals surface area contributed by atoms with Crippen LogP contribution < -0.4 is 11.1 Å². The number of amides is 1. The normalized spacial score (nSPS) is 29.6. The Labute approximate surface area is 146 Å². The Morgan fingerprint density at radius 3 is 2.71 bits per heavy atom. The zero-order valence-corrected chi connectivity index (χ0v) is 14.6. The highest BCUT2D eigenvalue weighted by atomic mass is 35.5. The van der Waals surface area contributed by atoms with Crippen LogP contribution in [0.5, 0.6) is 0 Å². The van der Waals surface area contributed by atoms with Crippen molar-refractivity contribution in [3.8, 4) is 0 Å². The van der Waals surface area contributed by atoms with Crippen LogP contribution in [0.4, 0.5) is 0 Å². The third-order valence-electron chi connectivity index (χ3n) is 5.78. The number of benzene rings is 1. The number of hydrogen-bond donors (Lipinski definition) is 2. The molecule has 5 heteroatoms.